The molecule has 11 heavy (non-hydrogen) atoms. The molecule has 1 unspecified atom stereocenters. The van der Waals surface area contributed by atoms with Gasteiger partial charge in [0.2, 0.25) is 0 Å². The van der Waals surface area contributed by atoms with Gasteiger partial charge in [0.05, 0.1) is 0 Å². The normalized spacial score (nSPS) is 13.8. The first kappa shape index (κ1) is 11.0. The van der Waals surface area contributed by atoms with Crippen LogP contribution in [0.15, 0.2) is 0 Å². The second kappa shape index (κ2) is 6.72. The number of nitrogens with one attached hydrogen (secondary N) is 2. The Morgan fingerprint density at radius 2 is 2.09 bits per heavy atom. The zero-order valence-electron chi connectivity index (χ0n) is 6.92. The van der Waals surface area contributed by atoms with Crippen LogP contribution in [-0.2, 0) is 11.3 Å². The van der Waals surface area contributed by atoms with Crippen molar-refractivity contribution in [3.63, 3.8) is 0 Å². The highest BCUT2D eigenvalue weighted by Crippen LogP contribution is 1.78. The van der Waals surface area contributed by atoms with Crippen molar-refractivity contribution in [2.24, 2.45) is 0 Å². The average molecular weight is 179 g/mol. The molecule has 0 radical (unpaired) electrons. The van der Waals surface area contributed by atoms with E-state index in [0.29, 0.717) is 12.6 Å². The van der Waals surface area contributed by atoms with Crippen LogP contribution in [-0.4, -0.2) is 27.9 Å². The minimum Gasteiger partial charge on any atom is -0.760 e. The SMILES string of the molecule is CC(C)NCCCNS(=O)[O-]. The van der Waals surface area contributed by atoms with Crippen molar-refractivity contribution < 1.29 is 8.76 Å². The van der Waals surface area contributed by atoms with Crippen LogP contribution in [0.5, 0.6) is 0 Å². The van der Waals surface area contributed by atoms with Crippen molar-refractivity contribution >= 4 is 11.3 Å². The van der Waals surface area contributed by atoms with Crippen LogP contribution >= 0.6 is 0 Å². The standard InChI is InChI=1S/C6H16N2O2S/c1-6(2)7-4-3-5-8-11(9)10/h6-8H,3-5H2,1-2H3,(H,9,10)/p-1. The lowest BCUT2D eigenvalue weighted by Gasteiger charge is -2.09. The van der Waals surface area contributed by atoms with Crippen LogP contribution in [0.4, 0.5) is 0 Å². The van der Waals surface area contributed by atoms with Crippen molar-refractivity contribution in [2.45, 2.75) is 26.3 Å². The third kappa shape index (κ3) is 10.0. The number of rotatable bonds is 6. The Bertz CT molecular complexity index is 119. The van der Waals surface area contributed by atoms with E-state index in [0.717, 1.165) is 13.0 Å². The molecule has 0 rings (SSSR count). The zero-order valence-corrected chi connectivity index (χ0v) is 7.74. The van der Waals surface area contributed by atoms with Gasteiger partial charge in [-0.25, -0.2) is 4.72 Å². The summed E-state index contributed by atoms with van der Waals surface area (Å²) in [5, 5.41) is 3.18. The minimum absolute atomic E-state index is 0.466. The molecule has 1 atom stereocenters. The molecule has 0 aromatic heterocycles. The van der Waals surface area contributed by atoms with Crippen molar-refractivity contribution in [1.82, 2.24) is 10.0 Å². The van der Waals surface area contributed by atoms with E-state index in [-0.39, 0.29) is 0 Å². The number of hydrogen-bond acceptors (Lipinski definition) is 3. The second-order valence-corrected chi connectivity index (χ2v) is 3.35. The topological polar surface area (TPSA) is 64.2 Å². The van der Waals surface area contributed by atoms with Crippen LogP contribution in [0.3, 0.4) is 0 Å². The molecule has 0 fully saturated rings. The highest BCUT2D eigenvalue weighted by atomic mass is 32.2. The van der Waals surface area contributed by atoms with Gasteiger partial charge in [-0.2, -0.15) is 0 Å². The van der Waals surface area contributed by atoms with Gasteiger partial charge in [-0.1, -0.05) is 13.8 Å². The summed E-state index contributed by atoms with van der Waals surface area (Å²) in [4.78, 5) is 0. The molecule has 0 spiro atoms. The van der Waals surface area contributed by atoms with Crippen molar-refractivity contribution in [3.8, 4) is 0 Å². The summed E-state index contributed by atoms with van der Waals surface area (Å²) in [5.41, 5.74) is 0. The third-order valence-electron chi connectivity index (χ3n) is 1.13. The first-order valence-corrected chi connectivity index (χ1v) is 4.76. The molecule has 0 bridgehead atoms. The lowest BCUT2D eigenvalue weighted by Crippen LogP contribution is -2.27. The lowest BCUT2D eigenvalue weighted by molar-refractivity contribution is 0.516. The monoisotopic (exact) mass is 179 g/mol. The molecule has 0 saturated carbocycles. The van der Waals surface area contributed by atoms with E-state index >= 15 is 0 Å². The maximum Gasteiger partial charge on any atom is 0.0181 e. The van der Waals surface area contributed by atoms with E-state index in [4.69, 9.17) is 0 Å². The molecule has 0 aromatic rings. The fourth-order valence-corrected chi connectivity index (χ4v) is 0.946. The minimum atomic E-state index is -2.11. The molecule has 0 aliphatic carbocycles. The predicted molar refractivity (Wildman–Crippen MR) is 44.7 cm³/mol. The van der Waals surface area contributed by atoms with E-state index in [1.54, 1.807) is 0 Å². The second-order valence-electron chi connectivity index (χ2n) is 2.59. The molecule has 0 aromatic carbocycles. The molecule has 5 heteroatoms. The summed E-state index contributed by atoms with van der Waals surface area (Å²) >= 11 is -2.11. The summed E-state index contributed by atoms with van der Waals surface area (Å²) in [7, 11) is 0. The molecule has 68 valence electrons. The Morgan fingerprint density at radius 1 is 1.45 bits per heavy atom. The molecular formula is C6H15N2O2S-. The molecule has 4 nitrogen and oxygen atoms in total. The van der Waals surface area contributed by atoms with E-state index in [1.165, 1.54) is 0 Å². The number of hydrogen-bond donors (Lipinski definition) is 2. The van der Waals surface area contributed by atoms with Crippen molar-refractivity contribution in [1.29, 1.82) is 0 Å². The Morgan fingerprint density at radius 3 is 2.55 bits per heavy atom. The van der Waals surface area contributed by atoms with Crippen molar-refractivity contribution in [2.75, 3.05) is 13.1 Å². The lowest BCUT2D eigenvalue weighted by atomic mass is 10.3. The van der Waals surface area contributed by atoms with Gasteiger partial charge in [0.25, 0.3) is 0 Å². The van der Waals surface area contributed by atoms with Gasteiger partial charge in [-0.05, 0) is 13.0 Å². The zero-order chi connectivity index (χ0) is 8.69. The molecule has 0 heterocycles. The molecule has 2 N–H and O–H groups in total. The van der Waals surface area contributed by atoms with Crippen LogP contribution < -0.4 is 10.0 Å². The van der Waals surface area contributed by atoms with Gasteiger partial charge >= 0.3 is 0 Å². The molecular weight excluding hydrogens is 164 g/mol. The molecule has 0 amide bonds. The van der Waals surface area contributed by atoms with Gasteiger partial charge < -0.3 is 9.87 Å². The van der Waals surface area contributed by atoms with E-state index < -0.39 is 11.3 Å². The van der Waals surface area contributed by atoms with Crippen LogP contribution in [0.1, 0.15) is 20.3 Å². The van der Waals surface area contributed by atoms with Gasteiger partial charge in [0, 0.05) is 23.9 Å². The van der Waals surface area contributed by atoms with Gasteiger partial charge in [-0.15, -0.1) is 0 Å². The van der Waals surface area contributed by atoms with Crippen LogP contribution in [0.2, 0.25) is 0 Å². The Kier molecular flexibility index (Phi) is 6.74. The van der Waals surface area contributed by atoms with E-state index in [9.17, 15) is 8.76 Å². The molecule has 0 aliphatic rings. The average Bonchev–Trinajstić information content (AvgIpc) is 1.85. The summed E-state index contributed by atoms with van der Waals surface area (Å²) < 4.78 is 22.2. The van der Waals surface area contributed by atoms with E-state index in [1.807, 2.05) is 0 Å². The van der Waals surface area contributed by atoms with E-state index in [2.05, 4.69) is 23.9 Å². The first-order chi connectivity index (χ1) is 5.13. The third-order valence-corrected chi connectivity index (χ3v) is 1.57. The first-order valence-electron chi connectivity index (χ1n) is 3.69. The van der Waals surface area contributed by atoms with Crippen molar-refractivity contribution in [3.05, 3.63) is 0 Å². The summed E-state index contributed by atoms with van der Waals surface area (Å²) in [5.74, 6) is 0. The smallest absolute Gasteiger partial charge is 0.0181 e. The van der Waals surface area contributed by atoms with Crippen LogP contribution in [0, 0.1) is 0 Å². The summed E-state index contributed by atoms with van der Waals surface area (Å²) in [6.07, 6.45) is 0.826. The highest BCUT2D eigenvalue weighted by molar-refractivity contribution is 7.77. The van der Waals surface area contributed by atoms with Gasteiger partial charge in [0.1, 0.15) is 0 Å². The maximum absolute atomic E-state index is 9.96. The largest absolute Gasteiger partial charge is 0.760 e. The summed E-state index contributed by atoms with van der Waals surface area (Å²) in [6.45, 7) is 5.47. The fraction of sp³-hybridized carbons (Fsp3) is 1.00. The highest BCUT2D eigenvalue weighted by Gasteiger charge is 1.90. The Balaban J connectivity index is 2.97. The Labute approximate surface area is 70.2 Å². The molecule has 0 aliphatic heterocycles. The fourth-order valence-electron chi connectivity index (χ4n) is 0.635. The van der Waals surface area contributed by atoms with Gasteiger partial charge in [0.15, 0.2) is 0 Å². The predicted octanol–water partition coefficient (Wildman–Crippen LogP) is -0.242. The summed E-state index contributed by atoms with van der Waals surface area (Å²) in [6, 6.07) is 0.466. The van der Waals surface area contributed by atoms with Gasteiger partial charge in [-0.3, -0.25) is 4.21 Å². The van der Waals surface area contributed by atoms with Crippen LogP contribution in [0.25, 0.3) is 0 Å². The quantitative estimate of drug-likeness (QED) is 0.437. The molecule has 0 saturated heterocycles. The Hall–Kier alpha value is 0.0300. The maximum atomic E-state index is 9.96.